The summed E-state index contributed by atoms with van der Waals surface area (Å²) in [5.74, 6) is 1.40. The van der Waals surface area contributed by atoms with Gasteiger partial charge in [0.25, 0.3) is 0 Å². The summed E-state index contributed by atoms with van der Waals surface area (Å²) >= 11 is 0. The van der Waals surface area contributed by atoms with Crippen LogP contribution in [0.15, 0.2) is 11.6 Å². The van der Waals surface area contributed by atoms with Crippen molar-refractivity contribution in [1.29, 1.82) is 0 Å². The van der Waals surface area contributed by atoms with Crippen LogP contribution in [0.4, 0.5) is 0 Å². The lowest BCUT2D eigenvalue weighted by Gasteiger charge is -2.58. The zero-order valence-corrected chi connectivity index (χ0v) is 23.7. The highest BCUT2D eigenvalue weighted by Gasteiger charge is 2.62. The Morgan fingerprint density at radius 1 is 1.08 bits per heavy atom. The lowest BCUT2D eigenvalue weighted by Crippen LogP contribution is -2.51. The first-order chi connectivity index (χ1) is 17.4. The molecule has 0 heterocycles. The number of allylic oxidation sites excluding steroid dienone is 1. The molecule has 4 aliphatic carbocycles. The highest BCUT2D eigenvalue weighted by Crippen LogP contribution is 2.66. The van der Waals surface area contributed by atoms with Crippen LogP contribution < -0.4 is 5.32 Å². The summed E-state index contributed by atoms with van der Waals surface area (Å²) in [5, 5.41) is 2.83. The lowest BCUT2D eigenvalue weighted by molar-refractivity contribution is -0.148. The first kappa shape index (κ1) is 28.0. The molecule has 1 N–H and O–H groups in total. The molecule has 0 aliphatic heterocycles. The van der Waals surface area contributed by atoms with Crippen LogP contribution in [-0.4, -0.2) is 36.1 Å². The van der Waals surface area contributed by atoms with Crippen molar-refractivity contribution >= 4 is 23.4 Å². The molecule has 0 aromatic carbocycles. The van der Waals surface area contributed by atoms with E-state index < -0.39 is 0 Å². The Balaban J connectivity index is 1.45. The normalized spacial score (nSPS) is 38.4. The summed E-state index contributed by atoms with van der Waals surface area (Å²) in [6.45, 7) is 12.3. The van der Waals surface area contributed by atoms with Gasteiger partial charge in [-0.15, -0.1) is 0 Å². The molecular weight excluding hydrogens is 466 g/mol. The molecule has 0 unspecified atom stereocenters. The molecule has 0 aromatic heterocycles. The van der Waals surface area contributed by atoms with Gasteiger partial charge in [-0.1, -0.05) is 39.3 Å². The van der Waals surface area contributed by atoms with Gasteiger partial charge in [-0.05, 0) is 73.0 Å². The minimum atomic E-state index is -0.253. The minimum Gasteiger partial charge on any atom is -0.462 e. The van der Waals surface area contributed by atoms with E-state index in [2.05, 4.69) is 32.2 Å². The molecule has 4 rings (SSSR count). The van der Waals surface area contributed by atoms with Gasteiger partial charge >= 0.3 is 5.97 Å². The van der Waals surface area contributed by atoms with Crippen molar-refractivity contribution in [3.8, 4) is 0 Å². The van der Waals surface area contributed by atoms with Gasteiger partial charge in [0.1, 0.15) is 17.7 Å². The summed E-state index contributed by atoms with van der Waals surface area (Å²) in [5.41, 5.74) is 1.45. The smallest absolute Gasteiger partial charge is 0.302 e. The monoisotopic (exact) mass is 513 g/mol. The molecule has 0 radical (unpaired) electrons. The Labute approximate surface area is 222 Å². The number of esters is 1. The predicted octanol–water partition coefficient (Wildman–Crippen LogP) is 5.43. The Kier molecular flexibility index (Phi) is 8.07. The third-order valence-corrected chi connectivity index (χ3v) is 10.9. The molecule has 9 atom stereocenters. The fraction of sp³-hybridized carbons (Fsp3) is 0.806. The van der Waals surface area contributed by atoms with Crippen molar-refractivity contribution in [1.82, 2.24) is 5.32 Å². The minimum absolute atomic E-state index is 0.00695. The largest absolute Gasteiger partial charge is 0.462 e. The SMILES string of the molecule is CC(=O)NC[C@H](C)CCC(=O)[C@@H](C)[C@@H]1C(=O)C[C@@H]2[C@H]3CC=C4C[C@@H](OC(C)=O)CC[C@]4(C)[C@@H]3CC[C@@]21C. The van der Waals surface area contributed by atoms with Crippen LogP contribution in [-0.2, 0) is 23.9 Å². The van der Waals surface area contributed by atoms with E-state index in [1.165, 1.54) is 19.4 Å². The first-order valence-electron chi connectivity index (χ1n) is 14.5. The van der Waals surface area contributed by atoms with E-state index in [0.717, 1.165) is 44.9 Å². The molecule has 0 aromatic rings. The predicted molar refractivity (Wildman–Crippen MR) is 142 cm³/mol. The van der Waals surface area contributed by atoms with Crippen molar-refractivity contribution in [2.75, 3.05) is 6.54 Å². The molecule has 37 heavy (non-hydrogen) atoms. The van der Waals surface area contributed by atoms with Gasteiger partial charge in [0.2, 0.25) is 5.91 Å². The number of fused-ring (bicyclic) bond motifs is 5. The lowest BCUT2D eigenvalue weighted by atomic mass is 9.47. The second kappa shape index (κ2) is 10.6. The first-order valence-corrected chi connectivity index (χ1v) is 14.5. The van der Waals surface area contributed by atoms with E-state index in [9.17, 15) is 19.2 Å². The van der Waals surface area contributed by atoms with Gasteiger partial charge in [-0.25, -0.2) is 0 Å². The van der Waals surface area contributed by atoms with Crippen LogP contribution >= 0.6 is 0 Å². The number of hydrogen-bond acceptors (Lipinski definition) is 5. The van der Waals surface area contributed by atoms with Gasteiger partial charge in [0, 0.05) is 51.5 Å². The summed E-state index contributed by atoms with van der Waals surface area (Å²) < 4.78 is 5.57. The average molecular weight is 514 g/mol. The van der Waals surface area contributed by atoms with Crippen molar-refractivity contribution in [3.63, 3.8) is 0 Å². The van der Waals surface area contributed by atoms with Crippen molar-refractivity contribution in [3.05, 3.63) is 11.6 Å². The molecule has 206 valence electrons. The fourth-order valence-corrected chi connectivity index (χ4v) is 8.86. The number of hydrogen-bond donors (Lipinski definition) is 1. The summed E-state index contributed by atoms with van der Waals surface area (Å²) in [6.07, 6.45) is 10.1. The molecule has 6 heteroatoms. The zero-order valence-electron chi connectivity index (χ0n) is 23.7. The average Bonchev–Trinajstić information content (AvgIpc) is 3.10. The van der Waals surface area contributed by atoms with Gasteiger partial charge < -0.3 is 10.1 Å². The number of ketones is 2. The van der Waals surface area contributed by atoms with E-state index in [0.29, 0.717) is 42.9 Å². The Bertz CT molecular complexity index is 971. The van der Waals surface area contributed by atoms with E-state index >= 15 is 0 Å². The van der Waals surface area contributed by atoms with Crippen LogP contribution in [0.5, 0.6) is 0 Å². The Morgan fingerprint density at radius 3 is 2.49 bits per heavy atom. The van der Waals surface area contributed by atoms with Crippen LogP contribution in [0.1, 0.15) is 99.3 Å². The highest BCUT2D eigenvalue weighted by atomic mass is 16.5. The fourth-order valence-electron chi connectivity index (χ4n) is 8.86. The second-order valence-electron chi connectivity index (χ2n) is 13.3. The summed E-state index contributed by atoms with van der Waals surface area (Å²) in [7, 11) is 0. The van der Waals surface area contributed by atoms with Gasteiger partial charge in [0.15, 0.2) is 0 Å². The summed E-state index contributed by atoms with van der Waals surface area (Å²) in [4.78, 5) is 49.5. The molecule has 4 aliphatic rings. The molecule has 0 bridgehead atoms. The third kappa shape index (κ3) is 5.31. The highest BCUT2D eigenvalue weighted by molar-refractivity contribution is 5.92. The van der Waals surface area contributed by atoms with Crippen LogP contribution in [0, 0.1) is 46.3 Å². The number of carbonyl (C=O) groups excluding carboxylic acids is 4. The summed E-state index contributed by atoms with van der Waals surface area (Å²) in [6, 6.07) is 0. The second-order valence-corrected chi connectivity index (χ2v) is 13.3. The standard InChI is InChI=1S/C31H47NO5/c1-18(17-32-20(3)33)7-10-27(35)19(2)29-28(36)16-26-24-9-8-22-15-23(37-21(4)34)11-13-30(22,5)25(24)12-14-31(26,29)6/h8,18-19,23-26,29H,7,9-17H2,1-6H3,(H,32,33)/t18-,19-,23+,24+,25-,26-,29-,30+,31+/m1/s1. The number of amides is 1. The van der Waals surface area contributed by atoms with Gasteiger partial charge in [0.05, 0.1) is 0 Å². The topological polar surface area (TPSA) is 89.5 Å². The number of carbonyl (C=O) groups is 4. The zero-order chi connectivity index (χ0) is 27.1. The van der Waals surface area contributed by atoms with Crippen molar-refractivity contribution in [2.24, 2.45) is 46.3 Å². The van der Waals surface area contributed by atoms with E-state index in [1.54, 1.807) is 0 Å². The maximum Gasteiger partial charge on any atom is 0.302 e. The maximum absolute atomic E-state index is 13.5. The number of Topliss-reactive ketones (excluding diaryl/α,β-unsaturated/α-hetero) is 2. The van der Waals surface area contributed by atoms with E-state index in [-0.39, 0.29) is 52.3 Å². The maximum atomic E-state index is 13.5. The van der Waals surface area contributed by atoms with E-state index in [4.69, 9.17) is 4.74 Å². The Morgan fingerprint density at radius 2 is 1.81 bits per heavy atom. The van der Waals surface area contributed by atoms with Gasteiger partial charge in [-0.3, -0.25) is 19.2 Å². The quantitative estimate of drug-likeness (QED) is 0.345. The van der Waals surface area contributed by atoms with Crippen LogP contribution in [0.25, 0.3) is 0 Å². The number of nitrogens with one attached hydrogen (secondary N) is 1. The van der Waals surface area contributed by atoms with Crippen LogP contribution in [0.3, 0.4) is 0 Å². The molecule has 3 saturated carbocycles. The molecule has 1 amide bonds. The van der Waals surface area contributed by atoms with Crippen LogP contribution in [0.2, 0.25) is 0 Å². The third-order valence-electron chi connectivity index (χ3n) is 10.9. The Hall–Kier alpha value is -1.98. The molecule has 0 spiro atoms. The van der Waals surface area contributed by atoms with Gasteiger partial charge in [-0.2, -0.15) is 0 Å². The van der Waals surface area contributed by atoms with Crippen molar-refractivity contribution in [2.45, 2.75) is 105 Å². The van der Waals surface area contributed by atoms with E-state index in [1.807, 2.05) is 6.92 Å². The number of ether oxygens (including phenoxy) is 1. The number of rotatable bonds is 8. The molecule has 6 nitrogen and oxygen atoms in total. The van der Waals surface area contributed by atoms with Crippen molar-refractivity contribution < 1.29 is 23.9 Å². The molecule has 3 fully saturated rings. The molecular formula is C31H47NO5. The molecule has 0 saturated heterocycles.